The van der Waals surface area contributed by atoms with Crippen molar-refractivity contribution in [2.45, 2.75) is 19.4 Å². The van der Waals surface area contributed by atoms with Crippen LogP contribution in [0.1, 0.15) is 12.5 Å². The van der Waals surface area contributed by atoms with Crippen LogP contribution in [0, 0.1) is 0 Å². The van der Waals surface area contributed by atoms with Crippen LogP contribution in [0.25, 0.3) is 0 Å². The summed E-state index contributed by atoms with van der Waals surface area (Å²) in [6.07, 6.45) is -0.0261. The van der Waals surface area contributed by atoms with E-state index in [-0.39, 0.29) is 12.5 Å². The Kier molecular flexibility index (Phi) is 4.27. The Hall–Kier alpha value is -1.39. The molecule has 0 aliphatic carbocycles. The van der Waals surface area contributed by atoms with Crippen molar-refractivity contribution >= 4 is 11.6 Å². The largest absolute Gasteiger partial charge is 0.391 e. The monoisotopic (exact) mass is 208 g/mol. The average Bonchev–Trinajstić information content (AvgIpc) is 2.17. The lowest BCUT2D eigenvalue weighted by molar-refractivity contribution is -0.114. The second kappa shape index (κ2) is 5.48. The van der Waals surface area contributed by atoms with Crippen molar-refractivity contribution in [2.24, 2.45) is 5.73 Å². The van der Waals surface area contributed by atoms with E-state index in [4.69, 9.17) is 5.73 Å². The number of aliphatic hydroxyl groups excluding tert-OH is 1. The minimum atomic E-state index is -0.530. The van der Waals surface area contributed by atoms with Crippen molar-refractivity contribution in [2.75, 3.05) is 11.9 Å². The van der Waals surface area contributed by atoms with Crippen LogP contribution in [0.15, 0.2) is 24.3 Å². The van der Waals surface area contributed by atoms with Gasteiger partial charge in [0.05, 0.1) is 6.10 Å². The Balaban J connectivity index is 2.69. The molecule has 0 radical (unpaired) electrons. The number of anilines is 1. The molecule has 0 aliphatic rings. The second-order valence-corrected chi connectivity index (χ2v) is 3.48. The molecule has 1 aromatic carbocycles. The quantitative estimate of drug-likeness (QED) is 0.674. The van der Waals surface area contributed by atoms with Gasteiger partial charge in [0.15, 0.2) is 0 Å². The zero-order valence-electron chi connectivity index (χ0n) is 8.73. The Labute approximate surface area is 89.1 Å². The molecule has 0 spiro atoms. The van der Waals surface area contributed by atoms with Crippen LogP contribution in [-0.2, 0) is 11.2 Å². The molecule has 0 saturated carbocycles. The molecule has 0 aromatic heterocycles. The summed E-state index contributed by atoms with van der Waals surface area (Å²) >= 11 is 0. The molecule has 1 aromatic rings. The van der Waals surface area contributed by atoms with Gasteiger partial charge in [0.2, 0.25) is 5.91 Å². The predicted octanol–water partition coefficient (Wildman–Crippen LogP) is 0.507. The van der Waals surface area contributed by atoms with E-state index < -0.39 is 6.10 Å². The van der Waals surface area contributed by atoms with E-state index >= 15 is 0 Å². The van der Waals surface area contributed by atoms with E-state index in [1.54, 1.807) is 6.07 Å². The van der Waals surface area contributed by atoms with Gasteiger partial charge in [0.25, 0.3) is 0 Å². The molecule has 1 atom stereocenters. The van der Waals surface area contributed by atoms with Gasteiger partial charge in [-0.3, -0.25) is 4.79 Å². The highest BCUT2D eigenvalue weighted by molar-refractivity contribution is 5.88. The molecule has 0 aliphatic heterocycles. The first-order chi connectivity index (χ1) is 7.11. The van der Waals surface area contributed by atoms with E-state index in [0.717, 1.165) is 11.3 Å². The minimum absolute atomic E-state index is 0.105. The van der Waals surface area contributed by atoms with Crippen LogP contribution >= 0.6 is 0 Å². The van der Waals surface area contributed by atoms with E-state index in [1.165, 1.54) is 6.92 Å². The molecular formula is C11H16N2O2. The molecular weight excluding hydrogens is 192 g/mol. The van der Waals surface area contributed by atoms with E-state index in [2.05, 4.69) is 5.32 Å². The maximum atomic E-state index is 10.8. The van der Waals surface area contributed by atoms with Gasteiger partial charge in [-0.1, -0.05) is 12.1 Å². The maximum Gasteiger partial charge on any atom is 0.221 e. The third kappa shape index (κ3) is 4.10. The summed E-state index contributed by atoms with van der Waals surface area (Å²) < 4.78 is 0. The van der Waals surface area contributed by atoms with Gasteiger partial charge in [-0.2, -0.15) is 0 Å². The molecule has 0 heterocycles. The normalized spacial score (nSPS) is 12.2. The fraction of sp³-hybridized carbons (Fsp3) is 0.364. The molecule has 4 nitrogen and oxygen atoms in total. The first-order valence-electron chi connectivity index (χ1n) is 4.86. The van der Waals surface area contributed by atoms with Crippen molar-refractivity contribution in [1.29, 1.82) is 0 Å². The van der Waals surface area contributed by atoms with E-state index in [1.807, 2.05) is 18.2 Å². The lowest BCUT2D eigenvalue weighted by atomic mass is 10.1. The van der Waals surface area contributed by atoms with Crippen molar-refractivity contribution in [1.82, 2.24) is 0 Å². The minimum Gasteiger partial charge on any atom is -0.391 e. The Morgan fingerprint density at radius 2 is 2.33 bits per heavy atom. The van der Waals surface area contributed by atoms with Crippen molar-refractivity contribution in [3.63, 3.8) is 0 Å². The first-order valence-corrected chi connectivity index (χ1v) is 4.86. The van der Waals surface area contributed by atoms with Crippen LogP contribution in [0.2, 0.25) is 0 Å². The molecule has 82 valence electrons. The lowest BCUT2D eigenvalue weighted by Gasteiger charge is -2.09. The van der Waals surface area contributed by atoms with Crippen molar-refractivity contribution in [3.8, 4) is 0 Å². The summed E-state index contributed by atoms with van der Waals surface area (Å²) in [6, 6.07) is 7.37. The topological polar surface area (TPSA) is 75.3 Å². The van der Waals surface area contributed by atoms with Crippen LogP contribution in [0.5, 0.6) is 0 Å². The summed E-state index contributed by atoms with van der Waals surface area (Å²) in [4.78, 5) is 10.8. The van der Waals surface area contributed by atoms with E-state index in [9.17, 15) is 9.90 Å². The van der Waals surface area contributed by atoms with Gasteiger partial charge in [-0.25, -0.2) is 0 Å². The average molecular weight is 208 g/mol. The number of carbonyl (C=O) groups is 1. The molecule has 1 amide bonds. The van der Waals surface area contributed by atoms with Gasteiger partial charge in [-0.15, -0.1) is 0 Å². The summed E-state index contributed by atoms with van der Waals surface area (Å²) in [5, 5.41) is 12.1. The molecule has 4 heteroatoms. The number of rotatable bonds is 4. The Morgan fingerprint density at radius 1 is 1.60 bits per heavy atom. The third-order valence-corrected chi connectivity index (χ3v) is 1.99. The number of aliphatic hydroxyl groups is 1. The van der Waals surface area contributed by atoms with Crippen LogP contribution in [-0.4, -0.2) is 23.7 Å². The van der Waals surface area contributed by atoms with Gasteiger partial charge < -0.3 is 16.2 Å². The number of hydrogen-bond acceptors (Lipinski definition) is 3. The van der Waals surface area contributed by atoms with Gasteiger partial charge >= 0.3 is 0 Å². The van der Waals surface area contributed by atoms with Crippen LogP contribution in [0.3, 0.4) is 0 Å². The molecule has 0 fully saturated rings. The fourth-order valence-electron chi connectivity index (χ4n) is 1.33. The fourth-order valence-corrected chi connectivity index (χ4v) is 1.33. The van der Waals surface area contributed by atoms with Crippen molar-refractivity contribution < 1.29 is 9.90 Å². The summed E-state index contributed by atoms with van der Waals surface area (Å²) in [7, 11) is 0. The summed E-state index contributed by atoms with van der Waals surface area (Å²) in [5.41, 5.74) is 7.02. The highest BCUT2D eigenvalue weighted by Crippen LogP contribution is 2.12. The van der Waals surface area contributed by atoms with Crippen LogP contribution < -0.4 is 11.1 Å². The van der Waals surface area contributed by atoms with Crippen molar-refractivity contribution in [3.05, 3.63) is 29.8 Å². The maximum absolute atomic E-state index is 10.8. The highest BCUT2D eigenvalue weighted by Gasteiger charge is 2.03. The predicted molar refractivity (Wildman–Crippen MR) is 59.5 cm³/mol. The second-order valence-electron chi connectivity index (χ2n) is 3.48. The summed E-state index contributed by atoms with van der Waals surface area (Å²) in [6.45, 7) is 1.70. The van der Waals surface area contributed by atoms with Gasteiger partial charge in [-0.05, 0) is 24.1 Å². The SMILES string of the molecule is CC(=O)Nc1cccc(CC(O)CN)c1. The number of nitrogens with one attached hydrogen (secondary N) is 1. The number of carbonyl (C=O) groups excluding carboxylic acids is 1. The van der Waals surface area contributed by atoms with E-state index in [0.29, 0.717) is 6.42 Å². The molecule has 4 N–H and O–H groups in total. The zero-order valence-corrected chi connectivity index (χ0v) is 8.73. The van der Waals surface area contributed by atoms with Gasteiger partial charge in [0, 0.05) is 19.2 Å². The molecule has 0 saturated heterocycles. The first kappa shape index (κ1) is 11.7. The number of benzene rings is 1. The smallest absolute Gasteiger partial charge is 0.221 e. The molecule has 0 bridgehead atoms. The number of hydrogen-bond donors (Lipinski definition) is 3. The third-order valence-electron chi connectivity index (χ3n) is 1.99. The summed E-state index contributed by atoms with van der Waals surface area (Å²) in [5.74, 6) is -0.105. The molecule has 15 heavy (non-hydrogen) atoms. The Morgan fingerprint density at radius 3 is 2.93 bits per heavy atom. The molecule has 1 unspecified atom stereocenters. The lowest BCUT2D eigenvalue weighted by Crippen LogP contribution is -2.22. The molecule has 1 rings (SSSR count). The number of amides is 1. The number of nitrogens with two attached hydrogens (primary N) is 1. The Bertz CT molecular complexity index is 339. The highest BCUT2D eigenvalue weighted by atomic mass is 16.3. The standard InChI is InChI=1S/C11H16N2O2/c1-8(14)13-10-4-2-3-9(5-10)6-11(15)7-12/h2-5,11,15H,6-7,12H2,1H3,(H,13,14). The zero-order chi connectivity index (χ0) is 11.3. The van der Waals surface area contributed by atoms with Crippen LogP contribution in [0.4, 0.5) is 5.69 Å². The van der Waals surface area contributed by atoms with Gasteiger partial charge in [0.1, 0.15) is 0 Å².